The molecule has 1 saturated heterocycles. The molecule has 7 heteroatoms. The number of hydrogen-bond acceptors (Lipinski definition) is 5. The van der Waals surface area contributed by atoms with Gasteiger partial charge in [-0.3, -0.25) is 4.79 Å². The molecule has 26 heavy (non-hydrogen) atoms. The van der Waals surface area contributed by atoms with Crippen molar-refractivity contribution in [2.24, 2.45) is 0 Å². The lowest BCUT2D eigenvalue weighted by molar-refractivity contribution is -0.117. The summed E-state index contributed by atoms with van der Waals surface area (Å²) in [6.07, 6.45) is 0.578. The maximum Gasteiger partial charge on any atom is 0.340 e. The standard InChI is InChI=1S/C19H20ClN3O3/c1-2-26-19(25)14-5-3-4-6-15(14)21-18(24)17-11-16(22-23-17)12-7-9-13(20)10-8-12/h3-10,16-17,22-23H,2,11H2,1H3,(H,21,24). The molecule has 2 atom stereocenters. The molecule has 0 aliphatic carbocycles. The predicted octanol–water partition coefficient (Wildman–Crippen LogP) is 3.06. The number of hydrogen-bond donors (Lipinski definition) is 3. The monoisotopic (exact) mass is 373 g/mol. The van der Waals surface area contributed by atoms with Crippen LogP contribution in [0.15, 0.2) is 48.5 Å². The van der Waals surface area contributed by atoms with Crippen molar-refractivity contribution >= 4 is 29.2 Å². The summed E-state index contributed by atoms with van der Waals surface area (Å²) < 4.78 is 5.03. The fraction of sp³-hybridized carbons (Fsp3) is 0.263. The minimum atomic E-state index is -0.458. The first-order valence-corrected chi connectivity index (χ1v) is 8.80. The minimum Gasteiger partial charge on any atom is -0.462 e. The molecule has 1 aliphatic heterocycles. The van der Waals surface area contributed by atoms with E-state index >= 15 is 0 Å². The van der Waals surface area contributed by atoms with Crippen molar-refractivity contribution in [2.45, 2.75) is 25.4 Å². The third-order valence-electron chi connectivity index (χ3n) is 4.17. The number of ether oxygens (including phenoxy) is 1. The van der Waals surface area contributed by atoms with Crippen LogP contribution in [-0.2, 0) is 9.53 Å². The first-order chi connectivity index (χ1) is 12.6. The van der Waals surface area contributed by atoms with Crippen molar-refractivity contribution in [3.05, 3.63) is 64.7 Å². The van der Waals surface area contributed by atoms with E-state index in [1.165, 1.54) is 0 Å². The van der Waals surface area contributed by atoms with Crippen molar-refractivity contribution in [2.75, 3.05) is 11.9 Å². The molecule has 2 aromatic rings. The second-order valence-corrected chi connectivity index (χ2v) is 6.37. The highest BCUT2D eigenvalue weighted by molar-refractivity contribution is 6.30. The quantitative estimate of drug-likeness (QED) is 0.702. The van der Waals surface area contributed by atoms with Crippen LogP contribution in [0.4, 0.5) is 5.69 Å². The number of anilines is 1. The van der Waals surface area contributed by atoms with Gasteiger partial charge in [0.1, 0.15) is 6.04 Å². The summed E-state index contributed by atoms with van der Waals surface area (Å²) in [5.74, 6) is -0.675. The minimum absolute atomic E-state index is 0.00307. The van der Waals surface area contributed by atoms with Crippen LogP contribution in [0.25, 0.3) is 0 Å². The smallest absolute Gasteiger partial charge is 0.340 e. The zero-order chi connectivity index (χ0) is 18.5. The normalized spacial score (nSPS) is 19.2. The van der Waals surface area contributed by atoms with Gasteiger partial charge in [-0.1, -0.05) is 35.9 Å². The average molecular weight is 374 g/mol. The Bertz CT molecular complexity index is 795. The SMILES string of the molecule is CCOC(=O)c1ccccc1NC(=O)C1CC(c2ccc(Cl)cc2)NN1. The van der Waals surface area contributed by atoms with Gasteiger partial charge in [0.25, 0.3) is 0 Å². The lowest BCUT2D eigenvalue weighted by Crippen LogP contribution is -2.39. The lowest BCUT2D eigenvalue weighted by atomic mass is 10.0. The molecule has 6 nitrogen and oxygen atoms in total. The zero-order valence-corrected chi connectivity index (χ0v) is 15.0. The number of esters is 1. The number of carbonyl (C=O) groups is 2. The van der Waals surface area contributed by atoms with Crippen molar-refractivity contribution in [3.8, 4) is 0 Å². The fourth-order valence-corrected chi connectivity index (χ4v) is 2.97. The molecule has 136 valence electrons. The molecule has 1 heterocycles. The maximum atomic E-state index is 12.6. The Morgan fingerprint density at radius 3 is 2.62 bits per heavy atom. The number of carbonyl (C=O) groups excluding carboxylic acids is 2. The number of amides is 1. The van der Waals surface area contributed by atoms with Crippen LogP contribution in [0, 0.1) is 0 Å². The summed E-state index contributed by atoms with van der Waals surface area (Å²) in [5, 5.41) is 3.48. The molecule has 2 aromatic carbocycles. The van der Waals surface area contributed by atoms with Gasteiger partial charge in [-0.2, -0.15) is 0 Å². The third kappa shape index (κ3) is 4.22. The summed E-state index contributed by atoms with van der Waals surface area (Å²) >= 11 is 5.91. The number of nitrogens with one attached hydrogen (secondary N) is 3. The van der Waals surface area contributed by atoms with E-state index in [1.807, 2.05) is 24.3 Å². The summed E-state index contributed by atoms with van der Waals surface area (Å²) in [7, 11) is 0. The van der Waals surface area contributed by atoms with Gasteiger partial charge in [0.05, 0.1) is 17.9 Å². The molecular formula is C19H20ClN3O3. The van der Waals surface area contributed by atoms with Crippen LogP contribution >= 0.6 is 11.6 Å². The highest BCUT2D eigenvalue weighted by Crippen LogP contribution is 2.25. The van der Waals surface area contributed by atoms with Crippen LogP contribution in [0.5, 0.6) is 0 Å². The van der Waals surface area contributed by atoms with E-state index in [4.69, 9.17) is 16.3 Å². The van der Waals surface area contributed by atoms with Gasteiger partial charge in [-0.05, 0) is 43.2 Å². The topological polar surface area (TPSA) is 79.5 Å². The van der Waals surface area contributed by atoms with Crippen LogP contribution < -0.4 is 16.2 Å². The maximum absolute atomic E-state index is 12.6. The summed E-state index contributed by atoms with van der Waals surface area (Å²) in [5.41, 5.74) is 7.94. The Morgan fingerprint density at radius 1 is 1.15 bits per heavy atom. The van der Waals surface area contributed by atoms with E-state index in [-0.39, 0.29) is 18.6 Å². The summed E-state index contributed by atoms with van der Waals surface area (Å²) in [6.45, 7) is 2.02. The molecule has 0 spiro atoms. The summed E-state index contributed by atoms with van der Waals surface area (Å²) in [4.78, 5) is 24.6. The number of para-hydroxylation sites is 1. The van der Waals surface area contributed by atoms with Crippen LogP contribution in [-0.4, -0.2) is 24.5 Å². The van der Waals surface area contributed by atoms with E-state index in [9.17, 15) is 9.59 Å². The van der Waals surface area contributed by atoms with Crippen molar-refractivity contribution < 1.29 is 14.3 Å². The Balaban J connectivity index is 1.66. The molecule has 0 saturated carbocycles. The van der Waals surface area contributed by atoms with Gasteiger partial charge in [0, 0.05) is 11.1 Å². The van der Waals surface area contributed by atoms with Crippen LogP contribution in [0.2, 0.25) is 5.02 Å². The second kappa shape index (κ2) is 8.31. The molecular weight excluding hydrogens is 354 g/mol. The average Bonchev–Trinajstić information content (AvgIpc) is 3.13. The Labute approximate surface area is 156 Å². The van der Waals surface area contributed by atoms with Gasteiger partial charge >= 0.3 is 5.97 Å². The van der Waals surface area contributed by atoms with E-state index in [2.05, 4.69) is 16.2 Å². The van der Waals surface area contributed by atoms with E-state index in [1.54, 1.807) is 31.2 Å². The van der Waals surface area contributed by atoms with E-state index in [0.717, 1.165) is 5.56 Å². The first kappa shape index (κ1) is 18.4. The highest BCUT2D eigenvalue weighted by atomic mass is 35.5. The van der Waals surface area contributed by atoms with Gasteiger partial charge in [-0.25, -0.2) is 15.6 Å². The van der Waals surface area contributed by atoms with Crippen molar-refractivity contribution in [1.82, 2.24) is 10.9 Å². The second-order valence-electron chi connectivity index (χ2n) is 5.94. The molecule has 3 rings (SSSR count). The molecule has 0 bridgehead atoms. The largest absolute Gasteiger partial charge is 0.462 e. The Morgan fingerprint density at radius 2 is 1.88 bits per heavy atom. The first-order valence-electron chi connectivity index (χ1n) is 8.42. The molecule has 1 fully saturated rings. The molecule has 0 aromatic heterocycles. The highest BCUT2D eigenvalue weighted by Gasteiger charge is 2.30. The van der Waals surface area contributed by atoms with Gasteiger partial charge in [-0.15, -0.1) is 0 Å². The number of hydrazine groups is 1. The Kier molecular flexibility index (Phi) is 5.88. The molecule has 0 radical (unpaired) electrons. The summed E-state index contributed by atoms with van der Waals surface area (Å²) in [6, 6.07) is 13.9. The van der Waals surface area contributed by atoms with E-state index in [0.29, 0.717) is 22.7 Å². The molecule has 3 N–H and O–H groups in total. The van der Waals surface area contributed by atoms with Crippen molar-refractivity contribution in [3.63, 3.8) is 0 Å². The van der Waals surface area contributed by atoms with Gasteiger partial charge in [0.15, 0.2) is 0 Å². The van der Waals surface area contributed by atoms with Crippen LogP contribution in [0.3, 0.4) is 0 Å². The number of benzene rings is 2. The molecule has 2 unspecified atom stereocenters. The lowest BCUT2D eigenvalue weighted by Gasteiger charge is -2.13. The van der Waals surface area contributed by atoms with E-state index < -0.39 is 12.0 Å². The molecule has 1 amide bonds. The van der Waals surface area contributed by atoms with Gasteiger partial charge in [0.2, 0.25) is 5.91 Å². The third-order valence-corrected chi connectivity index (χ3v) is 4.42. The van der Waals surface area contributed by atoms with Gasteiger partial charge < -0.3 is 10.1 Å². The number of halogens is 1. The zero-order valence-electron chi connectivity index (χ0n) is 14.3. The van der Waals surface area contributed by atoms with Crippen molar-refractivity contribution in [1.29, 1.82) is 0 Å². The predicted molar refractivity (Wildman–Crippen MR) is 99.9 cm³/mol. The van der Waals surface area contributed by atoms with Crippen LogP contribution in [0.1, 0.15) is 35.3 Å². The Hall–Kier alpha value is -2.41. The fourth-order valence-electron chi connectivity index (χ4n) is 2.84. The number of rotatable bonds is 5. The molecule has 1 aliphatic rings.